The van der Waals surface area contributed by atoms with Gasteiger partial charge in [-0.2, -0.15) is 0 Å². The van der Waals surface area contributed by atoms with Crippen LogP contribution in [0.4, 0.5) is 0 Å². The van der Waals surface area contributed by atoms with Crippen LogP contribution in [0.1, 0.15) is 374 Å². The Morgan fingerprint density at radius 1 is 0.264 bits per heavy atom. The molecule has 0 saturated heterocycles. The van der Waals surface area contributed by atoms with Gasteiger partial charge in [-0.25, -0.2) is 0 Å². The van der Waals surface area contributed by atoms with E-state index < -0.39 is 6.10 Å². The molecule has 0 heterocycles. The van der Waals surface area contributed by atoms with E-state index in [1.807, 2.05) is 0 Å². The number of hydrogen-bond acceptors (Lipinski definition) is 6. The van der Waals surface area contributed by atoms with E-state index >= 15 is 0 Å². The molecule has 0 aliphatic carbocycles. The Balaban J connectivity index is 4.30. The molecule has 0 aliphatic heterocycles. The average molecular weight is 1020 g/mol. The van der Waals surface area contributed by atoms with Crippen molar-refractivity contribution in [3.63, 3.8) is 0 Å². The van der Waals surface area contributed by atoms with Crippen LogP contribution in [0.25, 0.3) is 0 Å². The van der Waals surface area contributed by atoms with Crippen molar-refractivity contribution >= 4 is 17.9 Å². The van der Waals surface area contributed by atoms with Crippen LogP contribution in [0.5, 0.6) is 0 Å². The Bertz CT molecular complexity index is 1120. The van der Waals surface area contributed by atoms with Gasteiger partial charge < -0.3 is 14.2 Å². The smallest absolute Gasteiger partial charge is 0.306 e. The summed E-state index contributed by atoms with van der Waals surface area (Å²) in [5.41, 5.74) is 0. The van der Waals surface area contributed by atoms with Gasteiger partial charge in [-0.3, -0.25) is 14.4 Å². The highest BCUT2D eigenvalue weighted by molar-refractivity contribution is 5.71. The summed E-state index contributed by atoms with van der Waals surface area (Å²) in [7, 11) is 0. The molecule has 1 atom stereocenters. The molecular formula is C66H126O6. The summed E-state index contributed by atoms with van der Waals surface area (Å²) < 4.78 is 17.0. The van der Waals surface area contributed by atoms with Crippen molar-refractivity contribution in [1.82, 2.24) is 0 Å². The first kappa shape index (κ1) is 70.1. The number of carbonyl (C=O) groups is 3. The van der Waals surface area contributed by atoms with Gasteiger partial charge >= 0.3 is 17.9 Å². The molecule has 6 heteroatoms. The highest BCUT2D eigenvalue weighted by Crippen LogP contribution is 2.18. The molecule has 72 heavy (non-hydrogen) atoms. The second-order valence-corrected chi connectivity index (χ2v) is 22.4. The van der Waals surface area contributed by atoms with Crippen LogP contribution in [0.15, 0.2) is 12.2 Å². The first-order valence-corrected chi connectivity index (χ1v) is 32.7. The Morgan fingerprint density at radius 3 is 0.694 bits per heavy atom. The third-order valence-electron chi connectivity index (χ3n) is 15.0. The molecule has 426 valence electrons. The minimum atomic E-state index is -0.766. The van der Waals surface area contributed by atoms with E-state index in [4.69, 9.17) is 14.2 Å². The van der Waals surface area contributed by atoms with Crippen LogP contribution in [0, 0.1) is 0 Å². The van der Waals surface area contributed by atoms with Crippen molar-refractivity contribution in [2.24, 2.45) is 0 Å². The second-order valence-electron chi connectivity index (χ2n) is 22.4. The quantitative estimate of drug-likeness (QED) is 0.0261. The summed E-state index contributed by atoms with van der Waals surface area (Å²) in [5.74, 6) is -0.833. The molecule has 0 aliphatic rings. The first-order valence-electron chi connectivity index (χ1n) is 32.7. The maximum atomic E-state index is 12.9. The van der Waals surface area contributed by atoms with Crippen molar-refractivity contribution in [3.05, 3.63) is 12.2 Å². The van der Waals surface area contributed by atoms with Gasteiger partial charge in [0.05, 0.1) is 0 Å². The third kappa shape index (κ3) is 59.0. The summed E-state index contributed by atoms with van der Waals surface area (Å²) in [6.45, 7) is 6.72. The summed E-state index contributed by atoms with van der Waals surface area (Å²) in [4.78, 5) is 38.3. The minimum absolute atomic E-state index is 0.0636. The minimum Gasteiger partial charge on any atom is -0.462 e. The second kappa shape index (κ2) is 61.7. The van der Waals surface area contributed by atoms with Crippen LogP contribution in [0.3, 0.4) is 0 Å². The molecule has 0 spiro atoms. The van der Waals surface area contributed by atoms with Gasteiger partial charge in [0.1, 0.15) is 13.2 Å². The number of esters is 3. The Morgan fingerprint density at radius 2 is 0.458 bits per heavy atom. The summed E-state index contributed by atoms with van der Waals surface area (Å²) in [6.07, 6.45) is 72.1. The van der Waals surface area contributed by atoms with E-state index in [1.54, 1.807) is 0 Å². The van der Waals surface area contributed by atoms with Crippen molar-refractivity contribution in [2.75, 3.05) is 13.2 Å². The molecule has 0 rings (SSSR count). The predicted molar refractivity (Wildman–Crippen MR) is 312 cm³/mol. The van der Waals surface area contributed by atoms with Crippen LogP contribution < -0.4 is 0 Å². The van der Waals surface area contributed by atoms with Gasteiger partial charge in [0, 0.05) is 19.3 Å². The topological polar surface area (TPSA) is 78.9 Å². The molecule has 1 unspecified atom stereocenters. The Kier molecular flexibility index (Phi) is 60.1. The van der Waals surface area contributed by atoms with E-state index in [9.17, 15) is 14.4 Å². The van der Waals surface area contributed by atoms with Gasteiger partial charge in [-0.15, -0.1) is 0 Å². The normalized spacial score (nSPS) is 12.0. The predicted octanol–water partition coefficient (Wildman–Crippen LogP) is 22.1. The molecule has 0 amide bonds. The van der Waals surface area contributed by atoms with E-state index in [0.717, 1.165) is 57.8 Å². The lowest BCUT2D eigenvalue weighted by molar-refractivity contribution is -0.167. The lowest BCUT2D eigenvalue weighted by Gasteiger charge is -2.18. The molecule has 0 radical (unpaired) electrons. The van der Waals surface area contributed by atoms with Crippen LogP contribution >= 0.6 is 0 Å². The fourth-order valence-electron chi connectivity index (χ4n) is 10.1. The fourth-order valence-corrected chi connectivity index (χ4v) is 10.1. The SMILES string of the molecule is CCCCCCCC/C=C\CCCCCCCCCCCC(=O)OCC(COC(=O)CCCCCCCCCCCCCCCCCCC)OC(=O)CCCCCCCCCCCCCCCCCCCC. The molecule has 0 N–H and O–H groups in total. The lowest BCUT2D eigenvalue weighted by atomic mass is 10.0. The Labute approximate surface area is 450 Å². The number of unbranched alkanes of at least 4 members (excludes halogenated alkanes) is 48. The maximum Gasteiger partial charge on any atom is 0.306 e. The van der Waals surface area contributed by atoms with Gasteiger partial charge in [0.2, 0.25) is 0 Å². The summed E-state index contributed by atoms with van der Waals surface area (Å²) in [6, 6.07) is 0. The van der Waals surface area contributed by atoms with Gasteiger partial charge in [0.15, 0.2) is 6.10 Å². The molecule has 0 bridgehead atoms. The average Bonchev–Trinajstić information content (AvgIpc) is 3.38. The zero-order valence-electron chi connectivity index (χ0n) is 49.0. The van der Waals surface area contributed by atoms with Crippen molar-refractivity contribution < 1.29 is 28.6 Å². The highest BCUT2D eigenvalue weighted by atomic mass is 16.6. The third-order valence-corrected chi connectivity index (χ3v) is 15.0. The zero-order chi connectivity index (χ0) is 52.2. The number of hydrogen-bond donors (Lipinski definition) is 0. The van der Waals surface area contributed by atoms with Gasteiger partial charge in [-0.1, -0.05) is 322 Å². The van der Waals surface area contributed by atoms with E-state index in [1.165, 1.54) is 276 Å². The molecule has 6 nitrogen and oxygen atoms in total. The van der Waals surface area contributed by atoms with Gasteiger partial charge in [-0.05, 0) is 44.9 Å². The van der Waals surface area contributed by atoms with Crippen molar-refractivity contribution in [3.8, 4) is 0 Å². The van der Waals surface area contributed by atoms with E-state index in [2.05, 4.69) is 32.9 Å². The number of allylic oxidation sites excluding steroid dienone is 2. The van der Waals surface area contributed by atoms with Gasteiger partial charge in [0.25, 0.3) is 0 Å². The molecular weight excluding hydrogens is 889 g/mol. The van der Waals surface area contributed by atoms with Crippen molar-refractivity contribution in [1.29, 1.82) is 0 Å². The van der Waals surface area contributed by atoms with Crippen LogP contribution in [0.2, 0.25) is 0 Å². The standard InChI is InChI=1S/C66H126O6/c1-4-7-10-13-16-19-22-25-28-31-33-36-38-41-44-47-50-53-56-59-65(68)71-62-63(61-70-64(67)58-55-52-49-46-43-40-37-34-30-27-24-21-18-15-12-9-6-3)72-66(69)60-57-54-51-48-45-42-39-35-32-29-26-23-20-17-14-11-8-5-2/h25,28,63H,4-24,26-27,29-62H2,1-3H3/b28-25-. The number of rotatable bonds is 61. The van der Waals surface area contributed by atoms with E-state index in [-0.39, 0.29) is 31.1 Å². The highest BCUT2D eigenvalue weighted by Gasteiger charge is 2.19. The maximum absolute atomic E-state index is 12.9. The largest absolute Gasteiger partial charge is 0.462 e. The first-order chi connectivity index (χ1) is 35.5. The van der Waals surface area contributed by atoms with Crippen LogP contribution in [-0.4, -0.2) is 37.2 Å². The molecule has 0 fully saturated rings. The molecule has 0 aromatic rings. The van der Waals surface area contributed by atoms with Crippen LogP contribution in [-0.2, 0) is 28.6 Å². The zero-order valence-corrected chi connectivity index (χ0v) is 49.0. The monoisotopic (exact) mass is 1010 g/mol. The summed E-state index contributed by atoms with van der Waals surface area (Å²) in [5, 5.41) is 0. The molecule has 0 aromatic carbocycles. The molecule has 0 aromatic heterocycles. The number of carbonyl (C=O) groups excluding carboxylic acids is 3. The van der Waals surface area contributed by atoms with Crippen molar-refractivity contribution in [2.45, 2.75) is 380 Å². The van der Waals surface area contributed by atoms with E-state index in [0.29, 0.717) is 19.3 Å². The Hall–Kier alpha value is -1.85. The lowest BCUT2D eigenvalue weighted by Crippen LogP contribution is -2.30. The molecule has 0 saturated carbocycles. The number of ether oxygens (including phenoxy) is 3. The summed E-state index contributed by atoms with van der Waals surface area (Å²) >= 11 is 0. The fraction of sp³-hybridized carbons (Fsp3) is 0.924.